The molecule has 5 nitrogen and oxygen atoms in total. The third kappa shape index (κ3) is 3.42. The van der Waals surface area contributed by atoms with Crippen molar-refractivity contribution in [2.24, 2.45) is 0 Å². The van der Waals surface area contributed by atoms with Crippen LogP contribution in [0.4, 0.5) is 11.4 Å². The van der Waals surface area contributed by atoms with Gasteiger partial charge in [0, 0.05) is 30.6 Å². The van der Waals surface area contributed by atoms with Crippen LogP contribution in [0.2, 0.25) is 5.02 Å². The number of benzene rings is 1. The summed E-state index contributed by atoms with van der Waals surface area (Å²) >= 11 is 5.98. The van der Waals surface area contributed by atoms with Crippen LogP contribution in [0.3, 0.4) is 0 Å². The first-order valence-electron chi connectivity index (χ1n) is 5.65. The van der Waals surface area contributed by atoms with Crippen molar-refractivity contribution >= 4 is 23.0 Å². The molecule has 0 unspecified atom stereocenters. The van der Waals surface area contributed by atoms with Crippen LogP contribution in [0.1, 0.15) is 11.3 Å². The van der Waals surface area contributed by atoms with Gasteiger partial charge in [-0.3, -0.25) is 15.1 Å². The fourth-order valence-corrected chi connectivity index (χ4v) is 1.80. The smallest absolute Gasteiger partial charge is 0.271 e. The SMILES string of the molecule is Cc1ccc(CNc2ccc([N+](=O)[O-])cc2Cl)cn1. The summed E-state index contributed by atoms with van der Waals surface area (Å²) in [7, 11) is 0. The van der Waals surface area contributed by atoms with Gasteiger partial charge in [0.1, 0.15) is 0 Å². The van der Waals surface area contributed by atoms with Crippen LogP contribution in [0.5, 0.6) is 0 Å². The third-order valence-electron chi connectivity index (χ3n) is 2.62. The van der Waals surface area contributed by atoms with Crippen LogP contribution in [0.25, 0.3) is 0 Å². The summed E-state index contributed by atoms with van der Waals surface area (Å²) < 4.78 is 0. The van der Waals surface area contributed by atoms with E-state index in [0.29, 0.717) is 17.3 Å². The first kappa shape index (κ1) is 13.3. The van der Waals surface area contributed by atoms with Crippen LogP contribution in [-0.2, 0) is 6.54 Å². The largest absolute Gasteiger partial charge is 0.380 e. The summed E-state index contributed by atoms with van der Waals surface area (Å²) in [5.74, 6) is 0. The average Bonchev–Trinajstić information content (AvgIpc) is 2.39. The fourth-order valence-electron chi connectivity index (χ4n) is 1.56. The molecule has 0 spiro atoms. The molecule has 6 heteroatoms. The molecule has 0 amide bonds. The Hall–Kier alpha value is -2.14. The van der Waals surface area contributed by atoms with E-state index < -0.39 is 4.92 Å². The zero-order valence-corrected chi connectivity index (χ0v) is 11.0. The fraction of sp³-hybridized carbons (Fsp3) is 0.154. The lowest BCUT2D eigenvalue weighted by Crippen LogP contribution is -2.01. The van der Waals surface area contributed by atoms with Crippen molar-refractivity contribution < 1.29 is 4.92 Å². The number of anilines is 1. The number of aryl methyl sites for hydroxylation is 1. The Morgan fingerprint density at radius 2 is 2.16 bits per heavy atom. The Morgan fingerprint density at radius 1 is 1.37 bits per heavy atom. The first-order valence-corrected chi connectivity index (χ1v) is 6.03. The van der Waals surface area contributed by atoms with E-state index >= 15 is 0 Å². The summed E-state index contributed by atoms with van der Waals surface area (Å²) in [6.45, 7) is 2.48. The molecule has 0 saturated heterocycles. The Morgan fingerprint density at radius 3 is 2.74 bits per heavy atom. The minimum atomic E-state index is -0.473. The molecular formula is C13H12ClN3O2. The zero-order valence-electron chi connectivity index (χ0n) is 10.3. The van der Waals surface area contributed by atoms with Crippen molar-refractivity contribution in [3.8, 4) is 0 Å². The lowest BCUT2D eigenvalue weighted by atomic mass is 10.2. The zero-order chi connectivity index (χ0) is 13.8. The van der Waals surface area contributed by atoms with Gasteiger partial charge < -0.3 is 5.32 Å². The van der Waals surface area contributed by atoms with Gasteiger partial charge >= 0.3 is 0 Å². The number of nitro benzene ring substituents is 1. The maximum absolute atomic E-state index is 10.6. The van der Waals surface area contributed by atoms with Gasteiger partial charge in [-0.1, -0.05) is 17.7 Å². The normalized spacial score (nSPS) is 10.2. The predicted molar refractivity (Wildman–Crippen MR) is 74.4 cm³/mol. The highest BCUT2D eigenvalue weighted by Gasteiger charge is 2.09. The molecule has 2 aromatic rings. The van der Waals surface area contributed by atoms with Crippen molar-refractivity contribution in [3.05, 3.63) is 62.9 Å². The van der Waals surface area contributed by atoms with E-state index in [1.54, 1.807) is 12.3 Å². The minimum Gasteiger partial charge on any atom is -0.380 e. The maximum atomic E-state index is 10.6. The number of aromatic nitrogens is 1. The van der Waals surface area contributed by atoms with Gasteiger partial charge in [-0.05, 0) is 24.6 Å². The van der Waals surface area contributed by atoms with Gasteiger partial charge in [0.25, 0.3) is 5.69 Å². The topological polar surface area (TPSA) is 68.1 Å². The summed E-state index contributed by atoms with van der Waals surface area (Å²) in [5, 5.41) is 14.0. The highest BCUT2D eigenvalue weighted by atomic mass is 35.5. The molecule has 0 aliphatic heterocycles. The number of pyridine rings is 1. The van der Waals surface area contributed by atoms with Crippen LogP contribution in [0, 0.1) is 17.0 Å². The highest BCUT2D eigenvalue weighted by Crippen LogP contribution is 2.26. The summed E-state index contributed by atoms with van der Waals surface area (Å²) in [5.41, 5.74) is 2.61. The van der Waals surface area contributed by atoms with Gasteiger partial charge in [-0.15, -0.1) is 0 Å². The number of hydrogen-bond acceptors (Lipinski definition) is 4. The van der Waals surface area contributed by atoms with Gasteiger partial charge in [0.2, 0.25) is 0 Å². The van der Waals surface area contributed by atoms with Gasteiger partial charge in [0.05, 0.1) is 15.6 Å². The average molecular weight is 278 g/mol. The number of halogens is 1. The predicted octanol–water partition coefficient (Wildman–Crippen LogP) is 3.56. The number of hydrogen-bond donors (Lipinski definition) is 1. The monoisotopic (exact) mass is 277 g/mol. The summed E-state index contributed by atoms with van der Waals surface area (Å²) in [6, 6.07) is 8.24. The number of nitrogens with one attached hydrogen (secondary N) is 1. The molecule has 19 heavy (non-hydrogen) atoms. The summed E-state index contributed by atoms with van der Waals surface area (Å²) in [4.78, 5) is 14.3. The van der Waals surface area contributed by atoms with Crippen LogP contribution in [0.15, 0.2) is 36.5 Å². The van der Waals surface area contributed by atoms with Crippen molar-refractivity contribution in [2.45, 2.75) is 13.5 Å². The molecule has 0 fully saturated rings. The molecule has 1 heterocycles. The minimum absolute atomic E-state index is 0.0208. The molecule has 98 valence electrons. The molecule has 1 aromatic heterocycles. The van der Waals surface area contributed by atoms with Crippen LogP contribution >= 0.6 is 11.6 Å². The van der Waals surface area contributed by atoms with Crippen LogP contribution in [-0.4, -0.2) is 9.91 Å². The van der Waals surface area contributed by atoms with E-state index in [9.17, 15) is 10.1 Å². The van der Waals surface area contributed by atoms with Crippen molar-refractivity contribution in [1.82, 2.24) is 4.98 Å². The Kier molecular flexibility index (Phi) is 3.97. The standard InChI is InChI=1S/C13H12ClN3O2/c1-9-2-3-10(7-15-9)8-16-13-5-4-11(17(18)19)6-12(13)14/h2-7,16H,8H2,1H3. The van der Waals surface area contributed by atoms with Crippen LogP contribution < -0.4 is 5.32 Å². The molecular weight excluding hydrogens is 266 g/mol. The highest BCUT2D eigenvalue weighted by molar-refractivity contribution is 6.33. The molecule has 1 N–H and O–H groups in total. The second-order valence-corrected chi connectivity index (χ2v) is 4.49. The van der Waals surface area contributed by atoms with Crippen molar-refractivity contribution in [1.29, 1.82) is 0 Å². The maximum Gasteiger partial charge on any atom is 0.271 e. The Bertz CT molecular complexity index is 599. The lowest BCUT2D eigenvalue weighted by molar-refractivity contribution is -0.384. The molecule has 0 saturated carbocycles. The molecule has 0 radical (unpaired) electrons. The van der Waals surface area contributed by atoms with E-state index in [1.807, 2.05) is 19.1 Å². The van der Waals surface area contributed by atoms with E-state index in [2.05, 4.69) is 10.3 Å². The molecule has 0 aliphatic carbocycles. The molecule has 2 rings (SSSR count). The van der Waals surface area contributed by atoms with E-state index in [-0.39, 0.29) is 5.69 Å². The van der Waals surface area contributed by atoms with Gasteiger partial charge in [-0.25, -0.2) is 0 Å². The van der Waals surface area contributed by atoms with Crippen molar-refractivity contribution in [3.63, 3.8) is 0 Å². The lowest BCUT2D eigenvalue weighted by Gasteiger charge is -2.08. The summed E-state index contributed by atoms with van der Waals surface area (Å²) in [6.07, 6.45) is 1.78. The molecule has 0 atom stereocenters. The van der Waals surface area contributed by atoms with E-state index in [1.165, 1.54) is 12.1 Å². The Labute approximate surface area is 115 Å². The molecule has 1 aromatic carbocycles. The molecule has 0 bridgehead atoms. The second-order valence-electron chi connectivity index (χ2n) is 4.08. The second kappa shape index (κ2) is 5.67. The number of rotatable bonds is 4. The third-order valence-corrected chi connectivity index (χ3v) is 2.93. The number of nitro groups is 1. The first-order chi connectivity index (χ1) is 9.06. The molecule has 0 aliphatic rings. The quantitative estimate of drug-likeness (QED) is 0.685. The number of nitrogens with zero attached hydrogens (tertiary/aromatic N) is 2. The van der Waals surface area contributed by atoms with Gasteiger partial charge in [0.15, 0.2) is 0 Å². The Balaban J connectivity index is 2.07. The van der Waals surface area contributed by atoms with E-state index in [4.69, 9.17) is 11.6 Å². The number of non-ortho nitro benzene ring substituents is 1. The van der Waals surface area contributed by atoms with Crippen molar-refractivity contribution in [2.75, 3.05) is 5.32 Å². The van der Waals surface area contributed by atoms with E-state index in [0.717, 1.165) is 11.3 Å². The van der Waals surface area contributed by atoms with Gasteiger partial charge in [-0.2, -0.15) is 0 Å².